The summed E-state index contributed by atoms with van der Waals surface area (Å²) in [5.41, 5.74) is 0.00244. The molecule has 0 aliphatic carbocycles. The number of rotatable bonds is 2. The Labute approximate surface area is 117 Å². The molecule has 19 heavy (non-hydrogen) atoms. The van der Waals surface area contributed by atoms with Gasteiger partial charge in [-0.05, 0) is 24.6 Å². The first-order valence-corrected chi connectivity index (χ1v) is 6.18. The van der Waals surface area contributed by atoms with Crippen LogP contribution in [0.3, 0.4) is 0 Å². The van der Waals surface area contributed by atoms with Crippen LogP contribution in [0.1, 0.15) is 16.8 Å². The van der Waals surface area contributed by atoms with Crippen molar-refractivity contribution < 1.29 is 13.2 Å². The predicted octanol–water partition coefficient (Wildman–Crippen LogP) is 4.57. The van der Waals surface area contributed by atoms with E-state index < -0.39 is 11.9 Å². The van der Waals surface area contributed by atoms with Crippen LogP contribution < -0.4 is 0 Å². The molecule has 2 aromatic rings. The Kier molecular flexibility index (Phi) is 3.73. The summed E-state index contributed by atoms with van der Waals surface area (Å²) >= 11 is 10.8. The molecule has 7 heteroatoms. The van der Waals surface area contributed by atoms with Crippen LogP contribution in [0.25, 0.3) is 0 Å². The third-order valence-corrected chi connectivity index (χ3v) is 3.46. The molecule has 0 atom stereocenters. The number of nitrogens with one attached hydrogen (secondary N) is 1. The largest absolute Gasteiger partial charge is 0.433 e. The van der Waals surface area contributed by atoms with Crippen LogP contribution in [0.2, 0.25) is 5.02 Å². The third kappa shape index (κ3) is 3.01. The fraction of sp³-hybridized carbons (Fsp3) is 0.250. The third-order valence-electron chi connectivity index (χ3n) is 2.70. The highest BCUT2D eigenvalue weighted by Crippen LogP contribution is 2.31. The second-order valence-electron chi connectivity index (χ2n) is 4.13. The van der Waals surface area contributed by atoms with Crippen molar-refractivity contribution in [3.05, 3.63) is 50.7 Å². The lowest BCUT2D eigenvalue weighted by atomic mass is 10.2. The highest BCUT2D eigenvalue weighted by molar-refractivity contribution is 7.71. The summed E-state index contributed by atoms with van der Waals surface area (Å²) in [6.45, 7) is 1.58. The zero-order valence-electron chi connectivity index (χ0n) is 9.88. The van der Waals surface area contributed by atoms with Crippen molar-refractivity contribution in [2.75, 3.05) is 0 Å². The van der Waals surface area contributed by atoms with Crippen molar-refractivity contribution in [1.82, 2.24) is 9.78 Å². The summed E-state index contributed by atoms with van der Waals surface area (Å²) in [7, 11) is 0. The van der Waals surface area contributed by atoms with Gasteiger partial charge in [-0.25, -0.2) is 0 Å². The number of H-pyrrole nitrogens is 1. The topological polar surface area (TPSA) is 20.7 Å². The van der Waals surface area contributed by atoms with E-state index in [0.717, 1.165) is 5.56 Å². The molecule has 2 nitrogen and oxygen atoms in total. The quantitative estimate of drug-likeness (QED) is 0.806. The molecule has 102 valence electrons. The van der Waals surface area contributed by atoms with Gasteiger partial charge in [0.1, 0.15) is 10.3 Å². The van der Waals surface area contributed by atoms with Crippen molar-refractivity contribution in [2.45, 2.75) is 19.6 Å². The van der Waals surface area contributed by atoms with Crippen LogP contribution in [0.4, 0.5) is 13.2 Å². The van der Waals surface area contributed by atoms with Crippen molar-refractivity contribution >= 4 is 23.8 Å². The smallest absolute Gasteiger partial charge is 0.292 e. The van der Waals surface area contributed by atoms with Crippen LogP contribution in [0.5, 0.6) is 0 Å². The first-order valence-electron chi connectivity index (χ1n) is 5.40. The van der Waals surface area contributed by atoms with E-state index in [2.05, 4.69) is 5.10 Å². The van der Waals surface area contributed by atoms with E-state index in [4.69, 9.17) is 23.8 Å². The maximum Gasteiger partial charge on any atom is 0.433 e. The van der Waals surface area contributed by atoms with Crippen LogP contribution in [0.15, 0.2) is 24.3 Å². The van der Waals surface area contributed by atoms with Gasteiger partial charge in [0.2, 0.25) is 0 Å². The molecule has 0 saturated carbocycles. The lowest BCUT2D eigenvalue weighted by Gasteiger charge is -2.06. The van der Waals surface area contributed by atoms with E-state index >= 15 is 0 Å². The molecule has 0 aliphatic heterocycles. The lowest BCUT2D eigenvalue weighted by Crippen LogP contribution is -2.09. The second-order valence-corrected chi connectivity index (χ2v) is 4.95. The molecule has 0 saturated heterocycles. The fourth-order valence-corrected chi connectivity index (χ4v) is 2.21. The number of aromatic amines is 1. The monoisotopic (exact) mass is 306 g/mol. The van der Waals surface area contributed by atoms with E-state index in [9.17, 15) is 13.2 Å². The number of hydrogen-bond donors (Lipinski definition) is 1. The molecule has 0 unspecified atom stereocenters. The molecule has 0 fully saturated rings. The van der Waals surface area contributed by atoms with E-state index in [-0.39, 0.29) is 16.7 Å². The average Bonchev–Trinajstić information content (AvgIpc) is 2.57. The molecule has 0 aliphatic rings. The molecule has 0 spiro atoms. The predicted molar refractivity (Wildman–Crippen MR) is 69.9 cm³/mol. The summed E-state index contributed by atoms with van der Waals surface area (Å²) in [5, 5.41) is 2.83. The van der Waals surface area contributed by atoms with E-state index in [0.29, 0.717) is 5.02 Å². The number of nitrogens with zero attached hydrogens (tertiary/aromatic N) is 1. The number of hydrogen-bond acceptors (Lipinski definition) is 1. The minimum Gasteiger partial charge on any atom is -0.292 e. The van der Waals surface area contributed by atoms with Crippen molar-refractivity contribution in [1.29, 1.82) is 0 Å². The van der Waals surface area contributed by atoms with Gasteiger partial charge in [-0.2, -0.15) is 13.2 Å². The number of alkyl halides is 3. The second kappa shape index (κ2) is 5.02. The fourth-order valence-electron chi connectivity index (χ4n) is 1.78. The van der Waals surface area contributed by atoms with Gasteiger partial charge < -0.3 is 0 Å². The molecule has 0 radical (unpaired) electrons. The molecule has 0 bridgehead atoms. The van der Waals surface area contributed by atoms with Gasteiger partial charge in [-0.15, -0.1) is 0 Å². The highest BCUT2D eigenvalue weighted by atomic mass is 35.5. The Hall–Kier alpha value is -1.27. The van der Waals surface area contributed by atoms with E-state index in [1.165, 1.54) is 11.6 Å². The van der Waals surface area contributed by atoms with Crippen molar-refractivity contribution in [3.8, 4) is 0 Å². The van der Waals surface area contributed by atoms with Gasteiger partial charge in [-0.1, -0.05) is 36.0 Å². The Bertz CT molecular complexity index is 658. The first-order chi connectivity index (χ1) is 8.79. The molecule has 0 amide bonds. The summed E-state index contributed by atoms with van der Waals surface area (Å²) in [4.78, 5) is 0. The summed E-state index contributed by atoms with van der Waals surface area (Å²) < 4.78 is 39.6. The van der Waals surface area contributed by atoms with E-state index in [1.54, 1.807) is 24.3 Å². The summed E-state index contributed by atoms with van der Waals surface area (Å²) in [6.07, 6.45) is -4.43. The first kappa shape index (κ1) is 14.1. The van der Waals surface area contributed by atoms with Crippen LogP contribution in [-0.4, -0.2) is 9.78 Å². The van der Waals surface area contributed by atoms with Crippen LogP contribution in [-0.2, 0) is 12.7 Å². The molecular weight excluding hydrogens is 297 g/mol. The zero-order chi connectivity index (χ0) is 14.2. The summed E-state index contributed by atoms with van der Waals surface area (Å²) in [5.74, 6) is 0. The number of benzene rings is 1. The van der Waals surface area contributed by atoms with Gasteiger partial charge >= 0.3 is 6.18 Å². The molecule has 1 aromatic heterocycles. The van der Waals surface area contributed by atoms with Gasteiger partial charge in [-0.3, -0.25) is 9.78 Å². The lowest BCUT2D eigenvalue weighted by molar-refractivity contribution is -0.141. The Morgan fingerprint density at radius 1 is 1.37 bits per heavy atom. The minimum atomic E-state index is -4.43. The molecule has 1 aromatic carbocycles. The van der Waals surface area contributed by atoms with Gasteiger partial charge in [0.05, 0.1) is 6.54 Å². The molecule has 1 N–H and O–H groups in total. The average molecular weight is 307 g/mol. The van der Waals surface area contributed by atoms with Gasteiger partial charge in [0, 0.05) is 10.6 Å². The molecule has 1 heterocycles. The Morgan fingerprint density at radius 2 is 2.05 bits per heavy atom. The Morgan fingerprint density at radius 3 is 2.58 bits per heavy atom. The minimum absolute atomic E-state index is 0.0320. The van der Waals surface area contributed by atoms with Gasteiger partial charge in [0.25, 0.3) is 0 Å². The summed E-state index contributed by atoms with van der Waals surface area (Å²) in [6, 6.07) is 6.90. The zero-order valence-corrected chi connectivity index (χ0v) is 11.5. The standard InChI is InChI=1S/C12H10ClF3N2S/c1-7-10(12(14,15)16)17-18(11(7)19)6-8-3-2-4-9(13)5-8/h2-5,17H,6H2,1H3. The number of aromatic nitrogens is 2. The molecular formula is C12H10ClF3N2S. The number of halogens is 4. The van der Waals surface area contributed by atoms with Crippen LogP contribution >= 0.6 is 23.8 Å². The van der Waals surface area contributed by atoms with Gasteiger partial charge in [0.15, 0.2) is 0 Å². The van der Waals surface area contributed by atoms with Crippen LogP contribution in [0, 0.1) is 11.6 Å². The maximum atomic E-state index is 12.7. The van der Waals surface area contributed by atoms with Crippen molar-refractivity contribution in [3.63, 3.8) is 0 Å². The maximum absolute atomic E-state index is 12.7. The molecule has 2 rings (SSSR count). The van der Waals surface area contributed by atoms with E-state index in [1.807, 2.05) is 0 Å². The van der Waals surface area contributed by atoms with Crippen molar-refractivity contribution in [2.24, 2.45) is 0 Å². The highest BCUT2D eigenvalue weighted by Gasteiger charge is 2.35. The SMILES string of the molecule is Cc1c(C(F)(F)F)[nH]n(Cc2cccc(Cl)c2)c1=S. The normalized spacial score (nSPS) is 11.8. The Balaban J connectivity index is 2.40.